The van der Waals surface area contributed by atoms with Crippen LogP contribution in [0.3, 0.4) is 0 Å². The van der Waals surface area contributed by atoms with Crippen molar-refractivity contribution in [3.8, 4) is 0 Å². The molecule has 0 atom stereocenters. The molecule has 0 aliphatic heterocycles. The minimum Gasteiger partial charge on any atom is -0.383 e. The lowest BCUT2D eigenvalue weighted by Crippen LogP contribution is -2.13. The van der Waals surface area contributed by atoms with Crippen molar-refractivity contribution in [3.05, 3.63) is 65.3 Å². The summed E-state index contributed by atoms with van der Waals surface area (Å²) in [6.07, 6.45) is 1.48. The number of amides is 1. The summed E-state index contributed by atoms with van der Waals surface area (Å²) >= 11 is 5.91. The van der Waals surface area contributed by atoms with Gasteiger partial charge in [0.05, 0.1) is 5.56 Å². The highest BCUT2D eigenvalue weighted by Crippen LogP contribution is 2.23. The average molecular weight is 298 g/mol. The average Bonchev–Trinajstić information content (AvgIpc) is 2.48. The smallest absolute Gasteiger partial charge is 0.257 e. The van der Waals surface area contributed by atoms with Crippen LogP contribution in [0.5, 0.6) is 0 Å². The minimum absolute atomic E-state index is 0.249. The van der Waals surface area contributed by atoms with Gasteiger partial charge < -0.3 is 11.1 Å². The number of hydrogen-bond donors (Lipinski definition) is 2. The Morgan fingerprint density at radius 2 is 1.86 bits per heavy atom. The molecule has 3 rings (SSSR count). The van der Waals surface area contributed by atoms with Crippen molar-refractivity contribution in [1.82, 2.24) is 4.98 Å². The highest BCUT2D eigenvalue weighted by molar-refractivity contribution is 6.31. The normalized spacial score (nSPS) is 10.5. The Labute approximate surface area is 126 Å². The fraction of sp³-hybridized carbons (Fsp3) is 0. The second kappa shape index (κ2) is 5.42. The molecule has 4 nitrogen and oxygen atoms in total. The number of anilines is 2. The molecular weight excluding hydrogens is 286 g/mol. The molecule has 3 aromatic rings. The number of carbonyl (C=O) groups excluding carboxylic acids is 1. The van der Waals surface area contributed by atoms with Gasteiger partial charge in [0.2, 0.25) is 0 Å². The molecule has 0 saturated heterocycles. The van der Waals surface area contributed by atoms with Crippen LogP contribution < -0.4 is 11.1 Å². The maximum Gasteiger partial charge on any atom is 0.257 e. The zero-order valence-electron chi connectivity index (χ0n) is 11.0. The molecule has 1 amide bonds. The number of halogens is 1. The molecule has 1 heterocycles. The third-order valence-corrected chi connectivity index (χ3v) is 3.39. The van der Waals surface area contributed by atoms with Gasteiger partial charge in [-0.25, -0.2) is 4.98 Å². The highest BCUT2D eigenvalue weighted by atomic mass is 35.5. The number of nitrogen functional groups attached to an aromatic ring is 1. The first kappa shape index (κ1) is 13.4. The van der Waals surface area contributed by atoms with E-state index in [4.69, 9.17) is 17.3 Å². The quantitative estimate of drug-likeness (QED) is 0.757. The predicted molar refractivity (Wildman–Crippen MR) is 85.6 cm³/mol. The topological polar surface area (TPSA) is 68.0 Å². The maximum atomic E-state index is 12.4. The van der Waals surface area contributed by atoms with Gasteiger partial charge in [-0.1, -0.05) is 41.9 Å². The van der Waals surface area contributed by atoms with E-state index in [1.54, 1.807) is 24.3 Å². The number of fused-ring (bicyclic) bond motifs is 1. The van der Waals surface area contributed by atoms with E-state index in [9.17, 15) is 4.79 Å². The molecule has 1 aromatic heterocycles. The van der Waals surface area contributed by atoms with E-state index in [0.29, 0.717) is 22.1 Å². The summed E-state index contributed by atoms with van der Waals surface area (Å²) in [5.41, 5.74) is 6.94. The van der Waals surface area contributed by atoms with E-state index in [-0.39, 0.29) is 5.91 Å². The number of hydrogen-bond acceptors (Lipinski definition) is 3. The van der Waals surface area contributed by atoms with Gasteiger partial charge in [-0.3, -0.25) is 4.79 Å². The van der Waals surface area contributed by atoms with Gasteiger partial charge in [0.1, 0.15) is 5.82 Å². The summed E-state index contributed by atoms with van der Waals surface area (Å²) in [5.74, 6) is 0.158. The lowest BCUT2D eigenvalue weighted by molar-refractivity contribution is 0.102. The Hall–Kier alpha value is -2.59. The zero-order chi connectivity index (χ0) is 14.8. The van der Waals surface area contributed by atoms with Crippen LogP contribution in [-0.4, -0.2) is 10.9 Å². The molecule has 0 radical (unpaired) electrons. The molecule has 0 saturated carbocycles. The second-order valence-electron chi connectivity index (χ2n) is 4.57. The van der Waals surface area contributed by atoms with Crippen molar-refractivity contribution >= 4 is 39.8 Å². The fourth-order valence-electron chi connectivity index (χ4n) is 2.16. The van der Waals surface area contributed by atoms with Crippen LogP contribution in [0.15, 0.2) is 54.7 Å². The van der Waals surface area contributed by atoms with Crippen LogP contribution in [0.1, 0.15) is 10.4 Å². The molecular formula is C16H12ClN3O. The lowest BCUT2D eigenvalue weighted by atomic mass is 10.1. The summed E-state index contributed by atoms with van der Waals surface area (Å²) in [6.45, 7) is 0. The molecule has 5 heteroatoms. The molecule has 0 aliphatic carbocycles. The Bertz CT molecular complexity index is 833. The van der Waals surface area contributed by atoms with Gasteiger partial charge in [-0.15, -0.1) is 0 Å². The van der Waals surface area contributed by atoms with Gasteiger partial charge in [-0.2, -0.15) is 0 Å². The fourth-order valence-corrected chi connectivity index (χ4v) is 2.35. The summed E-state index contributed by atoms with van der Waals surface area (Å²) in [7, 11) is 0. The summed E-state index contributed by atoms with van der Waals surface area (Å²) in [6, 6.07) is 14.4. The summed E-state index contributed by atoms with van der Waals surface area (Å²) < 4.78 is 0. The third-order valence-electron chi connectivity index (χ3n) is 3.15. The molecule has 0 bridgehead atoms. The summed E-state index contributed by atoms with van der Waals surface area (Å²) in [5, 5.41) is 4.90. The second-order valence-corrected chi connectivity index (χ2v) is 5.00. The molecule has 0 spiro atoms. The number of nitrogens with zero attached hydrogens (tertiary/aromatic N) is 1. The number of rotatable bonds is 2. The Balaban J connectivity index is 2.01. The van der Waals surface area contributed by atoms with Crippen LogP contribution in [0.2, 0.25) is 5.02 Å². The number of aromatic nitrogens is 1. The lowest BCUT2D eigenvalue weighted by Gasteiger charge is -2.09. The van der Waals surface area contributed by atoms with Crippen molar-refractivity contribution in [3.63, 3.8) is 0 Å². The highest BCUT2D eigenvalue weighted by Gasteiger charge is 2.12. The van der Waals surface area contributed by atoms with Gasteiger partial charge in [0.15, 0.2) is 0 Å². The monoisotopic (exact) mass is 297 g/mol. The van der Waals surface area contributed by atoms with E-state index in [2.05, 4.69) is 10.3 Å². The van der Waals surface area contributed by atoms with Gasteiger partial charge in [0.25, 0.3) is 5.91 Å². The number of benzene rings is 2. The first-order valence-corrected chi connectivity index (χ1v) is 6.73. The summed E-state index contributed by atoms with van der Waals surface area (Å²) in [4.78, 5) is 16.5. The van der Waals surface area contributed by atoms with Crippen molar-refractivity contribution < 1.29 is 4.79 Å². The number of carbonyl (C=O) groups is 1. The molecule has 21 heavy (non-hydrogen) atoms. The van der Waals surface area contributed by atoms with Crippen LogP contribution in [0, 0.1) is 0 Å². The van der Waals surface area contributed by atoms with E-state index in [1.165, 1.54) is 6.20 Å². The molecule has 0 aliphatic rings. The predicted octanol–water partition coefficient (Wildman–Crippen LogP) is 3.72. The molecule has 0 unspecified atom stereocenters. The van der Waals surface area contributed by atoms with Crippen molar-refractivity contribution in [2.45, 2.75) is 0 Å². The third kappa shape index (κ3) is 2.66. The van der Waals surface area contributed by atoms with E-state index in [0.717, 1.165) is 10.8 Å². The SMILES string of the molecule is Nc1ncc(C(=O)Nc2cccc(Cl)c2)c2ccccc12. The Morgan fingerprint density at radius 1 is 1.10 bits per heavy atom. The minimum atomic E-state index is -0.249. The van der Waals surface area contributed by atoms with Crippen LogP contribution in [-0.2, 0) is 0 Å². The first-order valence-electron chi connectivity index (χ1n) is 6.35. The zero-order valence-corrected chi connectivity index (χ0v) is 11.8. The number of nitrogens with one attached hydrogen (secondary N) is 1. The van der Waals surface area contributed by atoms with Gasteiger partial charge in [0, 0.05) is 22.3 Å². The number of nitrogens with two attached hydrogens (primary N) is 1. The molecule has 0 fully saturated rings. The number of pyridine rings is 1. The standard InChI is InChI=1S/C16H12ClN3O/c17-10-4-3-5-11(8-10)20-16(21)14-9-19-15(18)13-7-2-1-6-12(13)14/h1-9H,(H2,18,19)(H,20,21). The molecule has 3 N–H and O–H groups in total. The van der Waals surface area contributed by atoms with Crippen molar-refractivity contribution in [1.29, 1.82) is 0 Å². The van der Waals surface area contributed by atoms with Crippen LogP contribution >= 0.6 is 11.6 Å². The Morgan fingerprint density at radius 3 is 2.62 bits per heavy atom. The van der Waals surface area contributed by atoms with Crippen LogP contribution in [0.4, 0.5) is 11.5 Å². The largest absolute Gasteiger partial charge is 0.383 e. The molecule has 2 aromatic carbocycles. The molecule has 104 valence electrons. The van der Waals surface area contributed by atoms with E-state index >= 15 is 0 Å². The maximum absolute atomic E-state index is 12.4. The van der Waals surface area contributed by atoms with Gasteiger partial charge in [-0.05, 0) is 23.6 Å². The van der Waals surface area contributed by atoms with E-state index in [1.807, 2.05) is 24.3 Å². The van der Waals surface area contributed by atoms with Crippen LogP contribution in [0.25, 0.3) is 10.8 Å². The Kier molecular flexibility index (Phi) is 3.46. The van der Waals surface area contributed by atoms with E-state index < -0.39 is 0 Å². The first-order chi connectivity index (χ1) is 10.1. The van der Waals surface area contributed by atoms with Crippen molar-refractivity contribution in [2.75, 3.05) is 11.1 Å². The van der Waals surface area contributed by atoms with Crippen molar-refractivity contribution in [2.24, 2.45) is 0 Å². The van der Waals surface area contributed by atoms with Gasteiger partial charge >= 0.3 is 0 Å².